The standard InChI is InChI=1S/C19H25NO3/c1-2-8-15(14-9-4-3-5-10-14)13-18(21)20-16-11-6-7-12-17(16)23-19(20)22/h3-5,9-10,15-17H,2,6-8,11-13H2,1H3/t15-,16+,17+/m1/s1. The van der Waals surface area contributed by atoms with Crippen LogP contribution >= 0.6 is 0 Å². The highest BCUT2D eigenvalue weighted by Crippen LogP contribution is 2.34. The minimum Gasteiger partial charge on any atom is -0.444 e. The van der Waals surface area contributed by atoms with E-state index in [0.717, 1.165) is 38.5 Å². The molecule has 124 valence electrons. The molecule has 0 N–H and O–H groups in total. The largest absolute Gasteiger partial charge is 0.444 e. The lowest BCUT2D eigenvalue weighted by atomic mass is 9.89. The molecule has 0 aromatic heterocycles. The van der Waals surface area contributed by atoms with E-state index in [1.807, 2.05) is 18.2 Å². The van der Waals surface area contributed by atoms with Crippen LogP contribution < -0.4 is 0 Å². The second-order valence-electron chi connectivity index (χ2n) is 6.64. The minimum atomic E-state index is -0.435. The zero-order valence-corrected chi connectivity index (χ0v) is 13.7. The molecule has 4 nitrogen and oxygen atoms in total. The van der Waals surface area contributed by atoms with Gasteiger partial charge in [-0.15, -0.1) is 0 Å². The number of carbonyl (C=O) groups is 2. The van der Waals surface area contributed by atoms with Crippen molar-refractivity contribution in [3.8, 4) is 0 Å². The van der Waals surface area contributed by atoms with E-state index in [9.17, 15) is 9.59 Å². The highest BCUT2D eigenvalue weighted by molar-refractivity contribution is 5.94. The average Bonchev–Trinajstić information content (AvgIpc) is 2.91. The summed E-state index contributed by atoms with van der Waals surface area (Å²) >= 11 is 0. The van der Waals surface area contributed by atoms with Gasteiger partial charge in [-0.2, -0.15) is 0 Å². The number of hydrogen-bond acceptors (Lipinski definition) is 3. The fourth-order valence-electron chi connectivity index (χ4n) is 3.89. The van der Waals surface area contributed by atoms with Gasteiger partial charge in [0.2, 0.25) is 5.91 Å². The van der Waals surface area contributed by atoms with E-state index >= 15 is 0 Å². The zero-order chi connectivity index (χ0) is 16.2. The topological polar surface area (TPSA) is 46.6 Å². The molecule has 2 fully saturated rings. The number of carbonyl (C=O) groups excluding carboxylic acids is 2. The third-order valence-electron chi connectivity index (χ3n) is 5.05. The van der Waals surface area contributed by atoms with E-state index in [1.165, 1.54) is 10.5 Å². The Morgan fingerprint density at radius 1 is 1.26 bits per heavy atom. The van der Waals surface area contributed by atoms with Gasteiger partial charge in [-0.3, -0.25) is 4.79 Å². The van der Waals surface area contributed by atoms with Gasteiger partial charge in [0.15, 0.2) is 0 Å². The molecule has 0 spiro atoms. The number of fused-ring (bicyclic) bond motifs is 1. The lowest BCUT2D eigenvalue weighted by molar-refractivity contribution is -0.130. The Bertz CT molecular complexity index is 557. The molecular formula is C19H25NO3. The number of hydrogen-bond donors (Lipinski definition) is 0. The van der Waals surface area contributed by atoms with Crippen molar-refractivity contribution in [2.75, 3.05) is 0 Å². The maximum absolute atomic E-state index is 12.8. The fraction of sp³-hybridized carbons (Fsp3) is 0.579. The van der Waals surface area contributed by atoms with Gasteiger partial charge in [0, 0.05) is 6.42 Å². The predicted molar refractivity (Wildman–Crippen MR) is 88.1 cm³/mol. The van der Waals surface area contributed by atoms with E-state index < -0.39 is 6.09 Å². The summed E-state index contributed by atoms with van der Waals surface area (Å²) in [5.74, 6) is 0.0934. The Morgan fingerprint density at radius 3 is 2.74 bits per heavy atom. The van der Waals surface area contributed by atoms with Gasteiger partial charge in [0.25, 0.3) is 0 Å². The Morgan fingerprint density at radius 2 is 2.00 bits per heavy atom. The van der Waals surface area contributed by atoms with Crippen molar-refractivity contribution in [1.29, 1.82) is 0 Å². The number of nitrogens with zero attached hydrogens (tertiary/aromatic N) is 1. The Labute approximate surface area is 137 Å². The van der Waals surface area contributed by atoms with E-state index in [2.05, 4.69) is 19.1 Å². The molecule has 1 heterocycles. The summed E-state index contributed by atoms with van der Waals surface area (Å²) in [6.45, 7) is 2.13. The van der Waals surface area contributed by atoms with Gasteiger partial charge in [-0.05, 0) is 37.2 Å². The van der Waals surface area contributed by atoms with Crippen molar-refractivity contribution in [3.63, 3.8) is 0 Å². The molecule has 1 aromatic carbocycles. The van der Waals surface area contributed by atoms with Gasteiger partial charge >= 0.3 is 6.09 Å². The summed E-state index contributed by atoms with van der Waals surface area (Å²) < 4.78 is 5.41. The predicted octanol–water partition coefficient (Wildman–Crippen LogP) is 4.25. The third kappa shape index (κ3) is 3.41. The van der Waals surface area contributed by atoms with Crippen LogP contribution in [0.4, 0.5) is 4.79 Å². The SMILES string of the molecule is CCC[C@H](CC(=O)N1C(=O)O[C@H]2CCCC[C@@H]21)c1ccccc1. The molecule has 1 saturated carbocycles. The lowest BCUT2D eigenvalue weighted by Gasteiger charge is -2.28. The molecule has 0 bridgehead atoms. The molecule has 23 heavy (non-hydrogen) atoms. The summed E-state index contributed by atoms with van der Waals surface area (Å²) in [5, 5.41) is 0. The Hall–Kier alpha value is -1.84. The van der Waals surface area contributed by atoms with Crippen LogP contribution in [0, 0.1) is 0 Å². The van der Waals surface area contributed by atoms with Crippen LogP contribution in [-0.4, -0.2) is 29.0 Å². The van der Waals surface area contributed by atoms with Gasteiger partial charge in [-0.25, -0.2) is 9.69 Å². The molecule has 0 unspecified atom stereocenters. The summed E-state index contributed by atoms with van der Waals surface area (Å²) in [4.78, 5) is 26.3. The van der Waals surface area contributed by atoms with Crippen molar-refractivity contribution in [3.05, 3.63) is 35.9 Å². The molecule has 1 aliphatic carbocycles. The summed E-state index contributed by atoms with van der Waals surface area (Å²) in [6.07, 6.45) is 5.75. The van der Waals surface area contributed by atoms with Crippen molar-refractivity contribution < 1.29 is 14.3 Å². The molecular weight excluding hydrogens is 290 g/mol. The normalized spacial score (nSPS) is 24.9. The van der Waals surface area contributed by atoms with Crippen LogP contribution in [0.15, 0.2) is 30.3 Å². The van der Waals surface area contributed by atoms with Crippen LogP contribution in [-0.2, 0) is 9.53 Å². The number of imide groups is 1. The lowest BCUT2D eigenvalue weighted by Crippen LogP contribution is -2.42. The summed E-state index contributed by atoms with van der Waals surface area (Å²) in [5.41, 5.74) is 1.18. The molecule has 1 saturated heterocycles. The van der Waals surface area contributed by atoms with Crippen LogP contribution in [0.1, 0.15) is 63.4 Å². The van der Waals surface area contributed by atoms with E-state index in [4.69, 9.17) is 4.74 Å². The van der Waals surface area contributed by atoms with Crippen LogP contribution in [0.2, 0.25) is 0 Å². The van der Waals surface area contributed by atoms with Crippen molar-refractivity contribution >= 4 is 12.0 Å². The van der Waals surface area contributed by atoms with E-state index in [0.29, 0.717) is 6.42 Å². The highest BCUT2D eigenvalue weighted by Gasteiger charge is 2.46. The number of ether oxygens (including phenoxy) is 1. The summed E-state index contributed by atoms with van der Waals surface area (Å²) in [7, 11) is 0. The van der Waals surface area contributed by atoms with Crippen molar-refractivity contribution in [1.82, 2.24) is 4.90 Å². The van der Waals surface area contributed by atoms with Crippen LogP contribution in [0.5, 0.6) is 0 Å². The first-order valence-corrected chi connectivity index (χ1v) is 8.78. The highest BCUT2D eigenvalue weighted by atomic mass is 16.6. The van der Waals surface area contributed by atoms with Crippen molar-refractivity contribution in [2.24, 2.45) is 0 Å². The fourth-order valence-corrected chi connectivity index (χ4v) is 3.89. The molecule has 3 rings (SSSR count). The number of amides is 2. The van der Waals surface area contributed by atoms with Gasteiger partial charge in [0.1, 0.15) is 6.10 Å². The smallest absolute Gasteiger partial charge is 0.417 e. The Kier molecular flexibility index (Phi) is 4.99. The quantitative estimate of drug-likeness (QED) is 0.816. The maximum atomic E-state index is 12.8. The molecule has 1 aliphatic heterocycles. The van der Waals surface area contributed by atoms with Crippen LogP contribution in [0.25, 0.3) is 0 Å². The molecule has 4 heteroatoms. The Balaban J connectivity index is 1.72. The molecule has 1 aromatic rings. The van der Waals surface area contributed by atoms with E-state index in [1.54, 1.807) is 0 Å². The maximum Gasteiger partial charge on any atom is 0.417 e. The molecule has 3 atom stereocenters. The van der Waals surface area contributed by atoms with Crippen LogP contribution in [0.3, 0.4) is 0 Å². The second kappa shape index (κ2) is 7.16. The van der Waals surface area contributed by atoms with Gasteiger partial charge in [0.05, 0.1) is 6.04 Å². The van der Waals surface area contributed by atoms with Crippen molar-refractivity contribution in [2.45, 2.75) is 69.9 Å². The summed E-state index contributed by atoms with van der Waals surface area (Å²) in [6, 6.07) is 10.1. The van der Waals surface area contributed by atoms with Gasteiger partial charge in [-0.1, -0.05) is 50.1 Å². The van der Waals surface area contributed by atoms with E-state index in [-0.39, 0.29) is 24.0 Å². The minimum absolute atomic E-state index is 0.0400. The second-order valence-corrected chi connectivity index (χ2v) is 6.64. The zero-order valence-electron chi connectivity index (χ0n) is 13.7. The number of rotatable bonds is 5. The first-order valence-electron chi connectivity index (χ1n) is 8.78. The monoisotopic (exact) mass is 315 g/mol. The molecule has 2 amide bonds. The molecule has 0 radical (unpaired) electrons. The molecule has 2 aliphatic rings. The third-order valence-corrected chi connectivity index (χ3v) is 5.05. The number of benzene rings is 1. The van der Waals surface area contributed by atoms with Gasteiger partial charge < -0.3 is 4.74 Å². The average molecular weight is 315 g/mol. The first kappa shape index (κ1) is 16.0. The first-order chi connectivity index (χ1) is 11.2.